The fraction of sp³-hybridized carbons (Fsp3) is 0.536. The maximum atomic E-state index is 13.0. The first kappa shape index (κ1) is 28.2. The highest BCUT2D eigenvalue weighted by molar-refractivity contribution is 5.90. The smallest absolute Gasteiger partial charge is 0.321 e. The minimum absolute atomic E-state index is 0.131. The van der Waals surface area contributed by atoms with Gasteiger partial charge in [-0.1, -0.05) is 0 Å². The molecule has 0 atom stereocenters. The summed E-state index contributed by atoms with van der Waals surface area (Å²) < 4.78 is 22.3. The van der Waals surface area contributed by atoms with Crippen LogP contribution >= 0.6 is 0 Å². The molecule has 0 unspecified atom stereocenters. The van der Waals surface area contributed by atoms with Crippen LogP contribution in [0, 0.1) is 0 Å². The SMILES string of the molecule is COc1ccc(N2CCN(C(=O)Nc3ccc(OC)c(OCCN(C(C)C)C(C)C)c3)CC2)cc1OC. The molecule has 2 aromatic carbocycles. The number of carbonyl (C=O) groups excluding carboxylic acids is 1. The van der Waals surface area contributed by atoms with Gasteiger partial charge in [0.2, 0.25) is 0 Å². The Morgan fingerprint density at radius 3 is 2.03 bits per heavy atom. The van der Waals surface area contributed by atoms with Gasteiger partial charge in [-0.3, -0.25) is 4.90 Å². The van der Waals surface area contributed by atoms with Crippen molar-refractivity contribution in [2.75, 3.05) is 70.9 Å². The van der Waals surface area contributed by atoms with Crippen LogP contribution in [0.5, 0.6) is 23.0 Å². The monoisotopic (exact) mass is 514 g/mol. The summed E-state index contributed by atoms with van der Waals surface area (Å²) in [6, 6.07) is 12.1. The van der Waals surface area contributed by atoms with E-state index in [-0.39, 0.29) is 6.03 Å². The maximum Gasteiger partial charge on any atom is 0.321 e. The molecule has 1 heterocycles. The van der Waals surface area contributed by atoms with Crippen LogP contribution in [0.4, 0.5) is 16.2 Å². The Bertz CT molecular complexity index is 1010. The van der Waals surface area contributed by atoms with Gasteiger partial charge in [-0.15, -0.1) is 0 Å². The highest BCUT2D eigenvalue weighted by Crippen LogP contribution is 2.32. The molecule has 9 nitrogen and oxygen atoms in total. The molecule has 2 aromatic rings. The molecule has 37 heavy (non-hydrogen) atoms. The van der Waals surface area contributed by atoms with E-state index in [0.29, 0.717) is 60.5 Å². The van der Waals surface area contributed by atoms with Crippen LogP contribution in [0.1, 0.15) is 27.7 Å². The molecular formula is C28H42N4O5. The zero-order valence-electron chi connectivity index (χ0n) is 23.2. The van der Waals surface area contributed by atoms with Gasteiger partial charge in [0.05, 0.1) is 21.3 Å². The first-order chi connectivity index (χ1) is 17.8. The number of hydrogen-bond donors (Lipinski definition) is 1. The lowest BCUT2D eigenvalue weighted by Crippen LogP contribution is -2.50. The third-order valence-corrected chi connectivity index (χ3v) is 6.65. The number of benzene rings is 2. The quantitative estimate of drug-likeness (QED) is 0.471. The van der Waals surface area contributed by atoms with Gasteiger partial charge < -0.3 is 34.1 Å². The molecule has 3 rings (SSSR count). The molecule has 1 aliphatic rings. The van der Waals surface area contributed by atoms with Gasteiger partial charge in [0.15, 0.2) is 23.0 Å². The van der Waals surface area contributed by atoms with Crippen molar-refractivity contribution < 1.29 is 23.7 Å². The highest BCUT2D eigenvalue weighted by Gasteiger charge is 2.23. The normalized spacial score (nSPS) is 13.8. The fourth-order valence-corrected chi connectivity index (χ4v) is 4.63. The summed E-state index contributed by atoms with van der Waals surface area (Å²) in [6.07, 6.45) is 0. The number of nitrogens with one attached hydrogen (secondary N) is 1. The van der Waals surface area contributed by atoms with Crippen molar-refractivity contribution in [1.82, 2.24) is 9.80 Å². The van der Waals surface area contributed by atoms with Crippen LogP contribution in [0.15, 0.2) is 36.4 Å². The van der Waals surface area contributed by atoms with E-state index < -0.39 is 0 Å². The van der Waals surface area contributed by atoms with Crippen molar-refractivity contribution >= 4 is 17.4 Å². The number of ether oxygens (including phenoxy) is 4. The van der Waals surface area contributed by atoms with Gasteiger partial charge in [-0.05, 0) is 52.0 Å². The van der Waals surface area contributed by atoms with Crippen LogP contribution in [0.2, 0.25) is 0 Å². The standard InChI is InChI=1S/C28H42N4O5/c1-20(2)32(21(3)4)16-17-37-27-18-22(8-10-25(27)35-6)29-28(33)31-14-12-30(13-15-31)23-9-11-24(34-5)26(19-23)36-7/h8-11,18-21H,12-17H2,1-7H3,(H,29,33). The Morgan fingerprint density at radius 1 is 0.838 bits per heavy atom. The Labute approximate surface area is 221 Å². The molecule has 204 valence electrons. The van der Waals surface area contributed by atoms with Crippen LogP contribution in [-0.2, 0) is 0 Å². The summed E-state index contributed by atoms with van der Waals surface area (Å²) in [4.78, 5) is 19.4. The molecule has 9 heteroatoms. The van der Waals surface area contributed by atoms with E-state index in [9.17, 15) is 4.79 Å². The third kappa shape index (κ3) is 7.35. The van der Waals surface area contributed by atoms with Gasteiger partial charge in [0.25, 0.3) is 0 Å². The molecule has 1 saturated heterocycles. The highest BCUT2D eigenvalue weighted by atomic mass is 16.5. The molecule has 0 radical (unpaired) electrons. The molecule has 1 N–H and O–H groups in total. The van der Waals surface area contributed by atoms with Crippen molar-refractivity contribution in [3.63, 3.8) is 0 Å². The summed E-state index contributed by atoms with van der Waals surface area (Å²) in [5.74, 6) is 2.65. The van der Waals surface area contributed by atoms with E-state index in [2.05, 4.69) is 42.8 Å². The predicted molar refractivity (Wildman–Crippen MR) is 148 cm³/mol. The lowest BCUT2D eigenvalue weighted by atomic mass is 10.2. The average Bonchev–Trinajstić information content (AvgIpc) is 2.90. The number of urea groups is 1. The van der Waals surface area contributed by atoms with Crippen LogP contribution < -0.4 is 29.2 Å². The first-order valence-corrected chi connectivity index (χ1v) is 12.9. The second-order valence-corrected chi connectivity index (χ2v) is 9.58. The summed E-state index contributed by atoms with van der Waals surface area (Å²) in [6.45, 7) is 12.7. The second-order valence-electron chi connectivity index (χ2n) is 9.58. The van der Waals surface area contributed by atoms with Crippen LogP contribution in [0.3, 0.4) is 0 Å². The summed E-state index contributed by atoms with van der Waals surface area (Å²) in [5, 5.41) is 3.01. The minimum Gasteiger partial charge on any atom is -0.493 e. The van der Waals surface area contributed by atoms with Gasteiger partial charge in [0.1, 0.15) is 6.61 Å². The molecule has 0 saturated carbocycles. The predicted octanol–water partition coefficient (Wildman–Crippen LogP) is 4.56. The summed E-state index contributed by atoms with van der Waals surface area (Å²) >= 11 is 0. The number of methoxy groups -OCH3 is 3. The molecule has 0 aliphatic carbocycles. The fourth-order valence-electron chi connectivity index (χ4n) is 4.63. The van der Waals surface area contributed by atoms with Crippen molar-refractivity contribution in [2.45, 2.75) is 39.8 Å². The summed E-state index contributed by atoms with van der Waals surface area (Å²) in [5.41, 5.74) is 1.72. The largest absolute Gasteiger partial charge is 0.493 e. The number of anilines is 2. The minimum atomic E-state index is -0.131. The van der Waals surface area contributed by atoms with Gasteiger partial charge in [-0.25, -0.2) is 4.79 Å². The van der Waals surface area contributed by atoms with E-state index in [0.717, 1.165) is 25.3 Å². The van der Waals surface area contributed by atoms with Gasteiger partial charge in [0, 0.05) is 68.3 Å². The molecule has 0 aromatic heterocycles. The van der Waals surface area contributed by atoms with E-state index in [4.69, 9.17) is 18.9 Å². The Morgan fingerprint density at radius 2 is 1.43 bits per heavy atom. The molecule has 0 bridgehead atoms. The lowest BCUT2D eigenvalue weighted by molar-refractivity contribution is 0.140. The maximum absolute atomic E-state index is 13.0. The molecular weight excluding hydrogens is 472 g/mol. The number of piperazine rings is 1. The third-order valence-electron chi connectivity index (χ3n) is 6.65. The van der Waals surface area contributed by atoms with Crippen LogP contribution in [0.25, 0.3) is 0 Å². The van der Waals surface area contributed by atoms with Crippen molar-refractivity contribution in [3.8, 4) is 23.0 Å². The van der Waals surface area contributed by atoms with E-state index >= 15 is 0 Å². The molecule has 1 fully saturated rings. The number of rotatable bonds is 11. The Balaban J connectivity index is 1.57. The molecule has 0 spiro atoms. The van der Waals surface area contributed by atoms with E-state index in [1.54, 1.807) is 21.3 Å². The Hall–Kier alpha value is -3.33. The summed E-state index contributed by atoms with van der Waals surface area (Å²) in [7, 11) is 4.87. The van der Waals surface area contributed by atoms with Crippen molar-refractivity contribution in [2.24, 2.45) is 0 Å². The van der Waals surface area contributed by atoms with Crippen molar-refractivity contribution in [1.29, 1.82) is 0 Å². The average molecular weight is 515 g/mol. The lowest BCUT2D eigenvalue weighted by Gasteiger charge is -2.36. The van der Waals surface area contributed by atoms with E-state index in [1.807, 2.05) is 41.3 Å². The number of amides is 2. The zero-order chi connectivity index (χ0) is 26.9. The van der Waals surface area contributed by atoms with Crippen LogP contribution in [-0.4, -0.2) is 88.6 Å². The number of carbonyl (C=O) groups is 1. The number of hydrogen-bond acceptors (Lipinski definition) is 7. The van der Waals surface area contributed by atoms with Gasteiger partial charge in [-0.2, -0.15) is 0 Å². The van der Waals surface area contributed by atoms with Crippen molar-refractivity contribution in [3.05, 3.63) is 36.4 Å². The van der Waals surface area contributed by atoms with Gasteiger partial charge >= 0.3 is 6.03 Å². The number of nitrogens with zero attached hydrogens (tertiary/aromatic N) is 3. The second kappa shape index (κ2) is 13.3. The molecule has 1 aliphatic heterocycles. The topological polar surface area (TPSA) is 75.7 Å². The first-order valence-electron chi connectivity index (χ1n) is 12.9. The zero-order valence-corrected chi connectivity index (χ0v) is 23.2. The van der Waals surface area contributed by atoms with E-state index in [1.165, 1.54) is 0 Å². The molecule has 2 amide bonds. The Kier molecular flexibility index (Phi) is 10.1.